The number of fused-ring (bicyclic) bond motifs is 1. The molecule has 0 atom stereocenters. The molecule has 4 rings (SSSR count). The molecule has 0 spiro atoms. The standard InChI is InChI=1S/C24H30N5O2.BrH/c1-18-22(28-12-14-29(15-13-28)23(30)31-24(2,3)4)26-20-10-11-27(17-21(20)25-18)16-19-8-6-5-7-9-19;/h5-11,17H,12-16H2,1-4H3;1H/q+1;/p-1. The number of aromatic nitrogens is 3. The van der Waals surface area contributed by atoms with Gasteiger partial charge < -0.3 is 31.5 Å². The van der Waals surface area contributed by atoms with Gasteiger partial charge in [0.1, 0.15) is 11.1 Å². The van der Waals surface area contributed by atoms with Crippen LogP contribution in [0.4, 0.5) is 10.6 Å². The third kappa shape index (κ3) is 5.73. The predicted molar refractivity (Wildman–Crippen MR) is 120 cm³/mol. The molecule has 170 valence electrons. The van der Waals surface area contributed by atoms with Crippen LogP contribution in [0.5, 0.6) is 0 Å². The minimum absolute atomic E-state index is 0. The number of halogens is 1. The average molecular weight is 500 g/mol. The zero-order valence-corrected chi connectivity index (χ0v) is 20.7. The first-order valence-electron chi connectivity index (χ1n) is 10.7. The second kappa shape index (κ2) is 9.81. The summed E-state index contributed by atoms with van der Waals surface area (Å²) in [6, 6.07) is 12.4. The molecule has 8 heteroatoms. The fourth-order valence-corrected chi connectivity index (χ4v) is 3.74. The Morgan fingerprint density at radius 2 is 1.72 bits per heavy atom. The quantitative estimate of drug-likeness (QED) is 0.486. The summed E-state index contributed by atoms with van der Waals surface area (Å²) in [7, 11) is 0. The van der Waals surface area contributed by atoms with Crippen molar-refractivity contribution in [1.29, 1.82) is 0 Å². The maximum Gasteiger partial charge on any atom is 0.410 e. The van der Waals surface area contributed by atoms with Gasteiger partial charge in [-0.15, -0.1) is 0 Å². The molecule has 0 bridgehead atoms. The van der Waals surface area contributed by atoms with E-state index in [1.54, 1.807) is 4.90 Å². The number of benzene rings is 1. The summed E-state index contributed by atoms with van der Waals surface area (Å²) in [5, 5.41) is 0. The lowest BCUT2D eigenvalue weighted by Gasteiger charge is -2.36. The molecule has 0 saturated carbocycles. The van der Waals surface area contributed by atoms with Crippen LogP contribution in [0.15, 0.2) is 48.8 Å². The van der Waals surface area contributed by atoms with Gasteiger partial charge >= 0.3 is 6.09 Å². The maximum atomic E-state index is 12.3. The van der Waals surface area contributed by atoms with Gasteiger partial charge in [-0.05, 0) is 27.7 Å². The molecule has 0 aliphatic carbocycles. The zero-order chi connectivity index (χ0) is 22.0. The van der Waals surface area contributed by atoms with Crippen LogP contribution in [0.25, 0.3) is 11.0 Å². The number of carbonyl (C=O) groups excluding carboxylic acids is 1. The summed E-state index contributed by atoms with van der Waals surface area (Å²) in [6.07, 6.45) is 3.84. The van der Waals surface area contributed by atoms with Crippen molar-refractivity contribution >= 4 is 22.9 Å². The molecule has 1 fully saturated rings. The van der Waals surface area contributed by atoms with Gasteiger partial charge in [0.15, 0.2) is 30.3 Å². The van der Waals surface area contributed by atoms with Gasteiger partial charge in [-0.1, -0.05) is 30.3 Å². The molecule has 3 heterocycles. The zero-order valence-electron chi connectivity index (χ0n) is 19.1. The number of hydrogen-bond donors (Lipinski definition) is 0. The average Bonchev–Trinajstić information content (AvgIpc) is 2.73. The molecule has 0 unspecified atom stereocenters. The minimum Gasteiger partial charge on any atom is -1.00 e. The van der Waals surface area contributed by atoms with E-state index in [9.17, 15) is 4.79 Å². The first-order valence-corrected chi connectivity index (χ1v) is 10.7. The van der Waals surface area contributed by atoms with Crippen LogP contribution in [0.3, 0.4) is 0 Å². The predicted octanol–water partition coefficient (Wildman–Crippen LogP) is 0.335. The van der Waals surface area contributed by atoms with E-state index in [1.165, 1.54) is 5.56 Å². The highest BCUT2D eigenvalue weighted by atomic mass is 79.9. The highest BCUT2D eigenvalue weighted by Crippen LogP contribution is 2.21. The van der Waals surface area contributed by atoms with Crippen molar-refractivity contribution < 1.29 is 31.1 Å². The van der Waals surface area contributed by atoms with E-state index >= 15 is 0 Å². The molecule has 0 radical (unpaired) electrons. The van der Waals surface area contributed by atoms with Crippen LogP contribution < -0.4 is 26.4 Å². The number of amides is 1. The summed E-state index contributed by atoms with van der Waals surface area (Å²) in [5.41, 5.74) is 3.42. The van der Waals surface area contributed by atoms with Gasteiger partial charge in [-0.2, -0.15) is 4.57 Å². The van der Waals surface area contributed by atoms with Crippen molar-refractivity contribution in [1.82, 2.24) is 14.9 Å². The number of nitrogens with zero attached hydrogens (tertiary/aromatic N) is 5. The van der Waals surface area contributed by atoms with Gasteiger partial charge in [0.25, 0.3) is 0 Å². The topological polar surface area (TPSA) is 62.4 Å². The summed E-state index contributed by atoms with van der Waals surface area (Å²) in [4.78, 5) is 26.0. The Bertz CT molecular complexity index is 1080. The Hall–Kier alpha value is -2.74. The van der Waals surface area contributed by atoms with Crippen molar-refractivity contribution in [3.63, 3.8) is 0 Å². The maximum absolute atomic E-state index is 12.3. The summed E-state index contributed by atoms with van der Waals surface area (Å²) in [5.74, 6) is 0.886. The van der Waals surface area contributed by atoms with Crippen molar-refractivity contribution in [3.05, 3.63) is 60.0 Å². The number of rotatable bonds is 3. The van der Waals surface area contributed by atoms with Crippen LogP contribution >= 0.6 is 0 Å². The number of ether oxygens (including phenoxy) is 1. The number of pyridine rings is 1. The van der Waals surface area contributed by atoms with E-state index in [1.807, 2.05) is 52.2 Å². The number of aryl methyl sites for hydroxylation is 1. The van der Waals surface area contributed by atoms with Crippen molar-refractivity contribution in [3.8, 4) is 0 Å². The Morgan fingerprint density at radius 3 is 2.38 bits per heavy atom. The first kappa shape index (κ1) is 23.9. The Kier molecular flexibility index (Phi) is 7.33. The largest absolute Gasteiger partial charge is 1.00 e. The molecule has 1 aromatic carbocycles. The van der Waals surface area contributed by atoms with Crippen molar-refractivity contribution in [2.24, 2.45) is 0 Å². The van der Waals surface area contributed by atoms with Gasteiger partial charge in [0.05, 0.1) is 5.69 Å². The van der Waals surface area contributed by atoms with Gasteiger partial charge in [-0.25, -0.2) is 14.8 Å². The highest BCUT2D eigenvalue weighted by molar-refractivity contribution is 5.75. The fourth-order valence-electron chi connectivity index (χ4n) is 3.74. The van der Waals surface area contributed by atoms with E-state index in [0.717, 1.165) is 29.1 Å². The number of piperazine rings is 1. The van der Waals surface area contributed by atoms with E-state index in [4.69, 9.17) is 14.7 Å². The van der Waals surface area contributed by atoms with Crippen LogP contribution in [0.1, 0.15) is 32.0 Å². The summed E-state index contributed by atoms with van der Waals surface area (Å²) < 4.78 is 7.62. The van der Waals surface area contributed by atoms with E-state index in [0.29, 0.717) is 26.2 Å². The Morgan fingerprint density at radius 1 is 1.03 bits per heavy atom. The smallest absolute Gasteiger partial charge is 0.410 e. The molecule has 32 heavy (non-hydrogen) atoms. The van der Waals surface area contributed by atoms with Crippen LogP contribution in [-0.4, -0.2) is 52.7 Å². The lowest BCUT2D eigenvalue weighted by atomic mass is 10.2. The number of hydrogen-bond acceptors (Lipinski definition) is 5. The third-order valence-electron chi connectivity index (χ3n) is 5.25. The molecular weight excluding hydrogens is 470 g/mol. The first-order chi connectivity index (χ1) is 14.8. The molecular formula is C24H30BrN5O2. The van der Waals surface area contributed by atoms with Gasteiger partial charge in [0, 0.05) is 37.8 Å². The van der Waals surface area contributed by atoms with Crippen LogP contribution in [0, 0.1) is 6.92 Å². The summed E-state index contributed by atoms with van der Waals surface area (Å²) >= 11 is 0. The number of carbonyl (C=O) groups is 1. The minimum atomic E-state index is -0.480. The molecule has 1 aliphatic heterocycles. The monoisotopic (exact) mass is 499 g/mol. The van der Waals surface area contributed by atoms with Crippen LogP contribution in [-0.2, 0) is 11.3 Å². The Balaban J connectivity index is 0.00000289. The molecule has 2 aromatic heterocycles. The molecule has 7 nitrogen and oxygen atoms in total. The van der Waals surface area contributed by atoms with E-state index in [-0.39, 0.29) is 23.1 Å². The fraction of sp³-hybridized carbons (Fsp3) is 0.417. The SMILES string of the molecule is Cc1nc2c[n+](Cc3ccccc3)ccc2nc1N1CCN(C(=O)OC(C)(C)C)CC1.[Br-]. The van der Waals surface area contributed by atoms with E-state index in [2.05, 4.69) is 33.7 Å². The molecule has 1 aliphatic rings. The molecule has 3 aromatic rings. The van der Waals surface area contributed by atoms with Gasteiger partial charge in [0.2, 0.25) is 0 Å². The van der Waals surface area contributed by atoms with E-state index < -0.39 is 5.60 Å². The van der Waals surface area contributed by atoms with Crippen molar-refractivity contribution in [2.45, 2.75) is 39.8 Å². The molecule has 0 N–H and O–H groups in total. The lowest BCUT2D eigenvalue weighted by Crippen LogP contribution is -3.00. The van der Waals surface area contributed by atoms with Crippen molar-refractivity contribution in [2.75, 3.05) is 31.1 Å². The Labute approximate surface area is 199 Å². The highest BCUT2D eigenvalue weighted by Gasteiger charge is 2.27. The normalized spacial score (nSPS) is 14.2. The van der Waals surface area contributed by atoms with Crippen LogP contribution in [0.2, 0.25) is 0 Å². The lowest BCUT2D eigenvalue weighted by molar-refractivity contribution is -0.687. The summed E-state index contributed by atoms with van der Waals surface area (Å²) in [6.45, 7) is 11.1. The third-order valence-corrected chi connectivity index (χ3v) is 5.25. The molecule has 1 saturated heterocycles. The number of anilines is 1. The van der Waals surface area contributed by atoms with Gasteiger partial charge in [-0.3, -0.25) is 0 Å². The second-order valence-corrected chi connectivity index (χ2v) is 8.96. The molecule has 1 amide bonds. The second-order valence-electron chi connectivity index (χ2n) is 8.96.